The second-order valence-corrected chi connectivity index (χ2v) is 9.17. The predicted molar refractivity (Wildman–Crippen MR) is 138 cm³/mol. The fraction of sp³-hybridized carbons (Fsp3) is 0.185. The van der Waals surface area contributed by atoms with E-state index in [2.05, 4.69) is 20.9 Å². The summed E-state index contributed by atoms with van der Waals surface area (Å²) < 4.78 is 29.3. The van der Waals surface area contributed by atoms with Gasteiger partial charge in [0, 0.05) is 22.9 Å². The molecule has 0 amide bonds. The fourth-order valence-electron chi connectivity index (χ4n) is 4.35. The number of nitrogens with zero attached hydrogens (tertiary/aromatic N) is 3. The second-order valence-electron chi connectivity index (χ2n) is 8.25. The summed E-state index contributed by atoms with van der Waals surface area (Å²) in [5.41, 5.74) is 3.60. The average molecular weight is 536 g/mol. The van der Waals surface area contributed by atoms with Crippen molar-refractivity contribution in [2.45, 2.75) is 19.5 Å². The van der Waals surface area contributed by atoms with E-state index in [1.165, 1.54) is 12.1 Å². The van der Waals surface area contributed by atoms with E-state index in [0.717, 1.165) is 21.1 Å². The molecule has 6 nitrogen and oxygen atoms in total. The standard InChI is InChI=1S/C27H23BrFN3O3/c1-34-23-10-5-17(13-24(23)35-2)11-12-31-16-30-25-21-14-20(29)8-9-22(21)32(26(25)27(31)33)15-18-3-6-19(28)7-4-18/h3-10,13-14,16H,11-12,15H2,1-2H3. The first kappa shape index (κ1) is 23.1. The van der Waals surface area contributed by atoms with Gasteiger partial charge in [-0.05, 0) is 60.0 Å². The number of methoxy groups -OCH3 is 2. The third-order valence-electron chi connectivity index (χ3n) is 6.13. The molecule has 5 rings (SSSR count). The zero-order valence-electron chi connectivity index (χ0n) is 19.3. The SMILES string of the molecule is COc1ccc(CCn2cnc3c4cc(F)ccc4n(Cc4ccc(Br)cc4)c3c2=O)cc1OC. The number of rotatable bonds is 7. The van der Waals surface area contributed by atoms with Crippen LogP contribution in [-0.4, -0.2) is 28.3 Å². The van der Waals surface area contributed by atoms with Crippen molar-refractivity contribution in [1.29, 1.82) is 0 Å². The molecule has 3 aromatic carbocycles. The van der Waals surface area contributed by atoms with Crippen LogP contribution >= 0.6 is 15.9 Å². The molecule has 0 unspecified atom stereocenters. The van der Waals surface area contributed by atoms with Gasteiger partial charge in [-0.25, -0.2) is 9.37 Å². The summed E-state index contributed by atoms with van der Waals surface area (Å²) in [6, 6.07) is 18.2. The van der Waals surface area contributed by atoms with Gasteiger partial charge in [-0.3, -0.25) is 9.36 Å². The molecule has 0 atom stereocenters. The molecule has 35 heavy (non-hydrogen) atoms. The Morgan fingerprint density at radius 2 is 1.69 bits per heavy atom. The van der Waals surface area contributed by atoms with Gasteiger partial charge in [0.2, 0.25) is 0 Å². The number of benzene rings is 3. The highest BCUT2D eigenvalue weighted by molar-refractivity contribution is 9.10. The van der Waals surface area contributed by atoms with E-state index >= 15 is 0 Å². The van der Waals surface area contributed by atoms with Gasteiger partial charge in [0.25, 0.3) is 5.56 Å². The molecule has 0 saturated carbocycles. The van der Waals surface area contributed by atoms with E-state index < -0.39 is 0 Å². The highest BCUT2D eigenvalue weighted by Gasteiger charge is 2.17. The van der Waals surface area contributed by atoms with E-state index in [-0.39, 0.29) is 11.4 Å². The number of fused-ring (bicyclic) bond motifs is 3. The van der Waals surface area contributed by atoms with Crippen LogP contribution < -0.4 is 15.0 Å². The van der Waals surface area contributed by atoms with E-state index in [1.54, 1.807) is 31.2 Å². The molecule has 0 radical (unpaired) electrons. The number of aromatic nitrogens is 3. The molecule has 0 aliphatic carbocycles. The third kappa shape index (κ3) is 4.41. The van der Waals surface area contributed by atoms with Crippen LogP contribution in [0.1, 0.15) is 11.1 Å². The van der Waals surface area contributed by atoms with Gasteiger partial charge < -0.3 is 14.0 Å². The van der Waals surface area contributed by atoms with Crippen LogP contribution in [0.2, 0.25) is 0 Å². The summed E-state index contributed by atoms with van der Waals surface area (Å²) in [7, 11) is 3.19. The molecule has 0 bridgehead atoms. The minimum atomic E-state index is -0.361. The lowest BCUT2D eigenvalue weighted by molar-refractivity contribution is 0.354. The molecule has 0 fully saturated rings. The highest BCUT2D eigenvalue weighted by Crippen LogP contribution is 2.29. The van der Waals surface area contributed by atoms with Crippen molar-refractivity contribution in [3.8, 4) is 11.5 Å². The molecule has 0 aliphatic heterocycles. The Hall–Kier alpha value is -3.65. The molecule has 5 aromatic rings. The zero-order valence-corrected chi connectivity index (χ0v) is 20.9. The lowest BCUT2D eigenvalue weighted by atomic mass is 10.1. The Labute approximate surface area is 209 Å². The summed E-state index contributed by atoms with van der Waals surface area (Å²) >= 11 is 3.46. The van der Waals surface area contributed by atoms with Crippen LogP contribution in [0.4, 0.5) is 4.39 Å². The Bertz CT molecular complexity index is 1590. The summed E-state index contributed by atoms with van der Waals surface area (Å²) in [5.74, 6) is 0.934. The van der Waals surface area contributed by atoms with Crippen molar-refractivity contribution < 1.29 is 13.9 Å². The number of ether oxygens (including phenoxy) is 2. The Morgan fingerprint density at radius 1 is 0.943 bits per heavy atom. The summed E-state index contributed by atoms with van der Waals surface area (Å²) in [5, 5.41) is 0.626. The van der Waals surface area contributed by atoms with Gasteiger partial charge in [-0.1, -0.05) is 34.1 Å². The molecule has 178 valence electrons. The van der Waals surface area contributed by atoms with Crippen LogP contribution in [0.3, 0.4) is 0 Å². The van der Waals surface area contributed by atoms with Crippen molar-refractivity contribution in [3.05, 3.63) is 98.8 Å². The molecule has 2 heterocycles. The van der Waals surface area contributed by atoms with Gasteiger partial charge in [-0.2, -0.15) is 0 Å². The van der Waals surface area contributed by atoms with Crippen molar-refractivity contribution >= 4 is 37.9 Å². The van der Waals surface area contributed by atoms with Gasteiger partial charge in [0.05, 0.1) is 26.1 Å². The van der Waals surface area contributed by atoms with Crippen molar-refractivity contribution in [2.75, 3.05) is 14.2 Å². The van der Waals surface area contributed by atoms with Gasteiger partial charge in [0.1, 0.15) is 16.9 Å². The highest BCUT2D eigenvalue weighted by atomic mass is 79.9. The summed E-state index contributed by atoms with van der Waals surface area (Å²) in [6.07, 6.45) is 2.15. The van der Waals surface area contributed by atoms with Gasteiger partial charge in [-0.15, -0.1) is 0 Å². The predicted octanol–water partition coefficient (Wildman–Crippen LogP) is 5.56. The van der Waals surface area contributed by atoms with E-state index in [0.29, 0.717) is 47.4 Å². The van der Waals surface area contributed by atoms with Crippen molar-refractivity contribution in [2.24, 2.45) is 0 Å². The monoisotopic (exact) mass is 535 g/mol. The van der Waals surface area contributed by atoms with E-state index in [4.69, 9.17) is 9.47 Å². The second kappa shape index (κ2) is 9.54. The first-order valence-corrected chi connectivity index (χ1v) is 11.9. The molecular weight excluding hydrogens is 513 g/mol. The molecule has 0 spiro atoms. The number of halogens is 2. The minimum absolute atomic E-state index is 0.163. The van der Waals surface area contributed by atoms with E-state index in [9.17, 15) is 9.18 Å². The number of hydrogen-bond acceptors (Lipinski definition) is 4. The Kier molecular flexibility index (Phi) is 6.30. The summed E-state index contributed by atoms with van der Waals surface area (Å²) in [6.45, 7) is 0.904. The largest absolute Gasteiger partial charge is 0.493 e. The van der Waals surface area contributed by atoms with Crippen molar-refractivity contribution in [3.63, 3.8) is 0 Å². The Morgan fingerprint density at radius 3 is 2.43 bits per heavy atom. The number of hydrogen-bond donors (Lipinski definition) is 0. The average Bonchev–Trinajstić information content (AvgIpc) is 3.17. The molecule has 0 saturated heterocycles. The van der Waals surface area contributed by atoms with Crippen molar-refractivity contribution in [1.82, 2.24) is 14.1 Å². The third-order valence-corrected chi connectivity index (χ3v) is 6.66. The molecule has 0 aliphatic rings. The molecular formula is C27H23BrFN3O3. The smallest absolute Gasteiger partial charge is 0.277 e. The Balaban J connectivity index is 1.57. The minimum Gasteiger partial charge on any atom is -0.493 e. The zero-order chi connectivity index (χ0) is 24.5. The topological polar surface area (TPSA) is 58.3 Å². The molecule has 2 aromatic heterocycles. The quantitative estimate of drug-likeness (QED) is 0.273. The summed E-state index contributed by atoms with van der Waals surface area (Å²) in [4.78, 5) is 18.2. The maximum atomic E-state index is 14.1. The number of aryl methyl sites for hydroxylation is 2. The van der Waals surface area contributed by atoms with Crippen LogP contribution in [0, 0.1) is 5.82 Å². The van der Waals surface area contributed by atoms with Crippen LogP contribution in [0.5, 0.6) is 11.5 Å². The molecule has 0 N–H and O–H groups in total. The van der Waals surface area contributed by atoms with Crippen LogP contribution in [0.15, 0.2) is 76.3 Å². The first-order chi connectivity index (χ1) is 17.0. The van der Waals surface area contributed by atoms with Gasteiger partial charge in [0.15, 0.2) is 11.5 Å². The van der Waals surface area contributed by atoms with Gasteiger partial charge >= 0.3 is 0 Å². The maximum absolute atomic E-state index is 14.1. The lowest BCUT2D eigenvalue weighted by Gasteiger charge is -2.11. The van der Waals surface area contributed by atoms with Crippen LogP contribution in [0.25, 0.3) is 21.9 Å². The lowest BCUT2D eigenvalue weighted by Crippen LogP contribution is -2.23. The maximum Gasteiger partial charge on any atom is 0.277 e. The first-order valence-electron chi connectivity index (χ1n) is 11.1. The molecule has 8 heteroatoms. The normalized spacial score (nSPS) is 11.3. The van der Waals surface area contributed by atoms with E-state index in [1.807, 2.05) is 47.0 Å². The van der Waals surface area contributed by atoms with Crippen LogP contribution in [-0.2, 0) is 19.5 Å². The fourth-order valence-corrected chi connectivity index (χ4v) is 4.62.